The molecular weight excluding hydrogens is 179 g/mol. The molecule has 1 atom stereocenters. The molecule has 0 aliphatic carbocycles. The predicted molar refractivity (Wildman–Crippen MR) is 35.4 cm³/mol. The van der Waals surface area contributed by atoms with Crippen LogP contribution in [-0.4, -0.2) is 18.5 Å². The molecule has 0 aromatic carbocycles. The van der Waals surface area contributed by atoms with E-state index in [9.17, 15) is 22.0 Å². The Morgan fingerprint density at radius 2 is 1.67 bits per heavy atom. The first kappa shape index (κ1) is 11.6. The lowest BCUT2D eigenvalue weighted by molar-refractivity contribution is -0.110. The van der Waals surface area contributed by atoms with Crippen LogP contribution in [0.25, 0.3) is 0 Å². The summed E-state index contributed by atoms with van der Waals surface area (Å²) >= 11 is 0. The van der Waals surface area contributed by atoms with Crippen LogP contribution < -0.4 is 0 Å². The fraction of sp³-hybridized carbons (Fsp3) is 1.00. The van der Waals surface area contributed by atoms with Gasteiger partial charge >= 0.3 is 0 Å². The summed E-state index contributed by atoms with van der Waals surface area (Å²) in [6.07, 6.45) is -7.44. The Kier molecular flexibility index (Phi) is 4.49. The largest absolute Gasteiger partial charge is 0.284 e. The van der Waals surface area contributed by atoms with Crippen molar-refractivity contribution in [2.75, 3.05) is 0 Å². The van der Waals surface area contributed by atoms with Gasteiger partial charge in [-0.05, 0) is 6.42 Å². The Bertz CT molecular complexity index is 123. The van der Waals surface area contributed by atoms with Crippen LogP contribution in [0.3, 0.4) is 0 Å². The van der Waals surface area contributed by atoms with E-state index in [2.05, 4.69) is 0 Å². The lowest BCUT2D eigenvalue weighted by atomic mass is 10.1. The first-order valence-corrected chi connectivity index (χ1v) is 3.70. The fourth-order valence-electron chi connectivity index (χ4n) is 0.798. The van der Waals surface area contributed by atoms with Crippen LogP contribution in [-0.2, 0) is 0 Å². The smallest absolute Gasteiger partial charge is 0.241 e. The van der Waals surface area contributed by atoms with Gasteiger partial charge in [0.05, 0.1) is 6.42 Å². The third-order valence-corrected chi connectivity index (χ3v) is 1.43. The maximum Gasteiger partial charge on any atom is 0.284 e. The first-order valence-electron chi connectivity index (χ1n) is 3.70. The van der Waals surface area contributed by atoms with E-state index in [1.165, 1.54) is 6.92 Å². The third-order valence-electron chi connectivity index (χ3n) is 1.43. The van der Waals surface area contributed by atoms with Crippen LogP contribution in [0.15, 0.2) is 0 Å². The van der Waals surface area contributed by atoms with Crippen molar-refractivity contribution in [3.63, 3.8) is 0 Å². The molecule has 0 amide bonds. The molecule has 12 heavy (non-hydrogen) atoms. The topological polar surface area (TPSA) is 0 Å². The summed E-state index contributed by atoms with van der Waals surface area (Å²) in [6, 6.07) is 0. The van der Waals surface area contributed by atoms with Gasteiger partial charge in [0.1, 0.15) is 0 Å². The van der Waals surface area contributed by atoms with Gasteiger partial charge in [-0.3, -0.25) is 0 Å². The molecule has 74 valence electrons. The van der Waals surface area contributed by atoms with Crippen molar-refractivity contribution < 1.29 is 22.0 Å². The molecule has 0 aromatic rings. The van der Waals surface area contributed by atoms with Gasteiger partial charge in [-0.25, -0.2) is 22.0 Å². The zero-order chi connectivity index (χ0) is 9.78. The summed E-state index contributed by atoms with van der Waals surface area (Å²) < 4.78 is 60.2. The Morgan fingerprint density at radius 1 is 1.17 bits per heavy atom. The summed E-state index contributed by atoms with van der Waals surface area (Å²) in [5, 5.41) is 0. The van der Waals surface area contributed by atoms with Gasteiger partial charge in [-0.15, -0.1) is 0 Å². The zero-order valence-electron chi connectivity index (χ0n) is 6.67. The Hall–Kier alpha value is -0.350. The molecule has 0 unspecified atom stereocenters. The van der Waals surface area contributed by atoms with E-state index in [-0.39, 0.29) is 12.8 Å². The van der Waals surface area contributed by atoms with Crippen LogP contribution in [0.2, 0.25) is 0 Å². The van der Waals surface area contributed by atoms with Crippen LogP contribution >= 0.6 is 0 Å². The maximum absolute atomic E-state index is 12.5. The summed E-state index contributed by atoms with van der Waals surface area (Å²) in [6.45, 7) is 1.52. The molecule has 0 N–H and O–H groups in total. The van der Waals surface area contributed by atoms with Crippen molar-refractivity contribution in [3.8, 4) is 0 Å². The van der Waals surface area contributed by atoms with Gasteiger partial charge in [0, 0.05) is 0 Å². The minimum Gasteiger partial charge on any atom is -0.241 e. The second-order valence-corrected chi connectivity index (χ2v) is 2.61. The normalized spacial score (nSPS) is 15.2. The molecule has 0 rings (SSSR count). The highest BCUT2D eigenvalue weighted by Crippen LogP contribution is 2.30. The highest BCUT2D eigenvalue weighted by molar-refractivity contribution is 4.77. The predicted octanol–water partition coefficient (Wildman–Crippen LogP) is 3.42. The summed E-state index contributed by atoms with van der Waals surface area (Å²) in [7, 11) is 0. The average molecular weight is 190 g/mol. The Labute approximate surface area is 67.8 Å². The number of rotatable bonds is 5. The molecular formula is C7H11F5. The highest BCUT2D eigenvalue weighted by Gasteiger charge is 2.41. The molecule has 0 fully saturated rings. The summed E-state index contributed by atoms with van der Waals surface area (Å²) in [5.74, 6) is -3.88. The van der Waals surface area contributed by atoms with E-state index in [1.807, 2.05) is 0 Å². The standard InChI is InChI=1S/C7H11F5/c1-2-3-5(8)7(11,12)4-6(9)10/h5-6H,2-4H2,1H3/t5-/m0/s1. The van der Waals surface area contributed by atoms with Gasteiger partial charge in [-0.2, -0.15) is 0 Å². The minimum atomic E-state index is -3.88. The van der Waals surface area contributed by atoms with E-state index in [0.29, 0.717) is 0 Å². The van der Waals surface area contributed by atoms with Crippen molar-refractivity contribution in [1.82, 2.24) is 0 Å². The van der Waals surface area contributed by atoms with Crippen molar-refractivity contribution >= 4 is 0 Å². The molecule has 0 aliphatic rings. The molecule has 5 heteroatoms. The Balaban J connectivity index is 3.99. The second kappa shape index (κ2) is 4.62. The van der Waals surface area contributed by atoms with E-state index in [4.69, 9.17) is 0 Å². The van der Waals surface area contributed by atoms with E-state index in [0.717, 1.165) is 0 Å². The quantitative estimate of drug-likeness (QED) is 0.582. The highest BCUT2D eigenvalue weighted by atomic mass is 19.3. The summed E-state index contributed by atoms with van der Waals surface area (Å²) in [4.78, 5) is 0. The SMILES string of the molecule is CCC[C@H](F)C(F)(F)CC(F)F. The number of hydrogen-bond donors (Lipinski definition) is 0. The van der Waals surface area contributed by atoms with Gasteiger partial charge < -0.3 is 0 Å². The van der Waals surface area contributed by atoms with Crippen molar-refractivity contribution in [2.24, 2.45) is 0 Å². The molecule has 0 nitrogen and oxygen atoms in total. The van der Waals surface area contributed by atoms with E-state index in [1.54, 1.807) is 0 Å². The van der Waals surface area contributed by atoms with Crippen LogP contribution in [0.4, 0.5) is 22.0 Å². The van der Waals surface area contributed by atoms with Gasteiger partial charge in [0.2, 0.25) is 6.43 Å². The minimum absolute atomic E-state index is 0.222. The molecule has 0 spiro atoms. The lowest BCUT2D eigenvalue weighted by Crippen LogP contribution is -2.32. The Morgan fingerprint density at radius 3 is 2.00 bits per heavy atom. The number of alkyl halides is 5. The van der Waals surface area contributed by atoms with Crippen molar-refractivity contribution in [1.29, 1.82) is 0 Å². The van der Waals surface area contributed by atoms with Gasteiger partial charge in [-0.1, -0.05) is 13.3 Å². The molecule has 0 aliphatic heterocycles. The van der Waals surface area contributed by atoms with Gasteiger partial charge in [0.25, 0.3) is 5.92 Å². The average Bonchev–Trinajstić information content (AvgIpc) is 1.85. The monoisotopic (exact) mass is 190 g/mol. The maximum atomic E-state index is 12.5. The van der Waals surface area contributed by atoms with Crippen LogP contribution in [0.5, 0.6) is 0 Å². The molecule has 0 aromatic heterocycles. The second-order valence-electron chi connectivity index (χ2n) is 2.61. The lowest BCUT2D eigenvalue weighted by Gasteiger charge is -2.19. The molecule has 0 bridgehead atoms. The third kappa shape index (κ3) is 3.88. The molecule has 0 heterocycles. The summed E-state index contributed by atoms with van der Waals surface area (Å²) in [5.41, 5.74) is 0. The molecule has 0 saturated heterocycles. The van der Waals surface area contributed by atoms with Gasteiger partial charge in [0.15, 0.2) is 6.17 Å². The molecule has 0 saturated carbocycles. The zero-order valence-corrected chi connectivity index (χ0v) is 6.67. The number of halogens is 5. The van der Waals surface area contributed by atoms with E-state index >= 15 is 0 Å². The fourth-order valence-corrected chi connectivity index (χ4v) is 0.798. The van der Waals surface area contributed by atoms with Crippen LogP contribution in [0, 0.1) is 0 Å². The van der Waals surface area contributed by atoms with Crippen molar-refractivity contribution in [3.05, 3.63) is 0 Å². The van der Waals surface area contributed by atoms with Crippen molar-refractivity contribution in [2.45, 2.75) is 44.7 Å². The first-order chi connectivity index (χ1) is 5.40. The van der Waals surface area contributed by atoms with E-state index < -0.39 is 24.9 Å². The number of hydrogen-bond acceptors (Lipinski definition) is 0. The molecule has 0 radical (unpaired) electrons. The van der Waals surface area contributed by atoms with Crippen LogP contribution in [0.1, 0.15) is 26.2 Å².